The van der Waals surface area contributed by atoms with Crippen molar-refractivity contribution in [2.45, 2.75) is 39.0 Å². The van der Waals surface area contributed by atoms with Crippen molar-refractivity contribution in [2.24, 2.45) is 0 Å². The van der Waals surface area contributed by atoms with Crippen molar-refractivity contribution in [2.75, 3.05) is 0 Å². The second-order valence-corrected chi connectivity index (χ2v) is 12.0. The first kappa shape index (κ1) is 26.5. The minimum atomic E-state index is 1.14. The molecule has 0 N–H and O–H groups in total. The Morgan fingerprint density at radius 1 is 0.409 bits per heavy atom. The molecule has 0 atom stereocenters. The van der Waals surface area contributed by atoms with Gasteiger partial charge in [-0.3, -0.25) is 0 Å². The molecule has 2 nitrogen and oxygen atoms in total. The first-order chi connectivity index (χ1) is 21.8. The fourth-order valence-electron chi connectivity index (χ4n) is 7.01. The minimum absolute atomic E-state index is 1.14. The van der Waals surface area contributed by atoms with E-state index in [0.717, 1.165) is 6.42 Å². The Morgan fingerprint density at radius 3 is 1.36 bits per heavy atom. The standard InChI is InChI=1S/C42H36N2/c1-2-3-4-5-12-30-19-28-38-37-15-8-11-18-41(37)44(42(38)29-30)34-26-22-32(23-27-34)31-20-24-33(25-21-31)43-39-16-9-6-13-35(39)36-14-7-10-17-40(36)43/h6-11,13-29H,2-5,12H2,1H3. The van der Waals surface area contributed by atoms with Crippen LogP contribution in [-0.2, 0) is 6.42 Å². The number of fused-ring (bicyclic) bond motifs is 6. The molecule has 0 saturated heterocycles. The number of aryl methyl sites for hydroxylation is 1. The average molecular weight is 569 g/mol. The molecule has 0 amide bonds. The third kappa shape index (κ3) is 4.50. The molecule has 0 unspecified atom stereocenters. The summed E-state index contributed by atoms with van der Waals surface area (Å²) in [5, 5.41) is 5.21. The molecular weight excluding hydrogens is 532 g/mol. The highest BCUT2D eigenvalue weighted by atomic mass is 15.0. The van der Waals surface area contributed by atoms with Crippen molar-refractivity contribution in [3.8, 4) is 22.5 Å². The number of hydrogen-bond acceptors (Lipinski definition) is 0. The lowest BCUT2D eigenvalue weighted by Crippen LogP contribution is -1.95. The van der Waals surface area contributed by atoms with Gasteiger partial charge >= 0.3 is 0 Å². The lowest BCUT2D eigenvalue weighted by molar-refractivity contribution is 0.667. The van der Waals surface area contributed by atoms with E-state index in [0.29, 0.717) is 0 Å². The molecule has 0 aliphatic rings. The topological polar surface area (TPSA) is 9.86 Å². The number of para-hydroxylation sites is 3. The summed E-state index contributed by atoms with van der Waals surface area (Å²) in [5.41, 5.74) is 11.3. The summed E-state index contributed by atoms with van der Waals surface area (Å²) in [5.74, 6) is 0. The van der Waals surface area contributed by atoms with Gasteiger partial charge in [0.2, 0.25) is 0 Å². The zero-order chi connectivity index (χ0) is 29.5. The van der Waals surface area contributed by atoms with E-state index in [4.69, 9.17) is 0 Å². The Morgan fingerprint density at radius 2 is 0.864 bits per heavy atom. The third-order valence-electron chi connectivity index (χ3n) is 9.22. The third-order valence-corrected chi connectivity index (χ3v) is 9.22. The molecule has 0 bridgehead atoms. The van der Waals surface area contributed by atoms with Crippen LogP contribution in [0.15, 0.2) is 140 Å². The number of aromatic nitrogens is 2. The number of rotatable bonds is 8. The summed E-state index contributed by atoms with van der Waals surface area (Å²) < 4.78 is 4.81. The van der Waals surface area contributed by atoms with Gasteiger partial charge in [0.1, 0.15) is 0 Å². The molecule has 0 spiro atoms. The van der Waals surface area contributed by atoms with E-state index in [1.54, 1.807) is 0 Å². The number of hydrogen-bond donors (Lipinski definition) is 0. The predicted molar refractivity (Wildman–Crippen MR) is 188 cm³/mol. The molecule has 214 valence electrons. The predicted octanol–water partition coefficient (Wildman–Crippen LogP) is 11.7. The smallest absolute Gasteiger partial charge is 0.0543 e. The highest BCUT2D eigenvalue weighted by Crippen LogP contribution is 2.35. The van der Waals surface area contributed by atoms with Crippen molar-refractivity contribution in [1.29, 1.82) is 0 Å². The first-order valence-electron chi connectivity index (χ1n) is 16.0. The van der Waals surface area contributed by atoms with Crippen LogP contribution in [0, 0.1) is 0 Å². The Kier molecular flexibility index (Phi) is 6.76. The highest BCUT2D eigenvalue weighted by Gasteiger charge is 2.14. The van der Waals surface area contributed by atoms with Crippen LogP contribution < -0.4 is 0 Å². The van der Waals surface area contributed by atoms with Gasteiger partial charge in [-0.25, -0.2) is 0 Å². The molecule has 8 rings (SSSR count). The molecule has 44 heavy (non-hydrogen) atoms. The quantitative estimate of drug-likeness (QED) is 0.161. The number of benzene rings is 6. The van der Waals surface area contributed by atoms with Gasteiger partial charge in [0, 0.05) is 32.9 Å². The molecule has 0 radical (unpaired) electrons. The van der Waals surface area contributed by atoms with Gasteiger partial charge in [-0.1, -0.05) is 117 Å². The van der Waals surface area contributed by atoms with Gasteiger partial charge in [-0.15, -0.1) is 0 Å². The average Bonchev–Trinajstić information content (AvgIpc) is 3.60. The monoisotopic (exact) mass is 568 g/mol. The normalized spacial score (nSPS) is 11.8. The summed E-state index contributed by atoms with van der Waals surface area (Å²) in [7, 11) is 0. The molecule has 0 fully saturated rings. The molecule has 0 aliphatic carbocycles. The van der Waals surface area contributed by atoms with Gasteiger partial charge < -0.3 is 9.13 Å². The fourth-order valence-corrected chi connectivity index (χ4v) is 7.01. The molecule has 2 heteroatoms. The number of unbranched alkanes of at least 4 members (excludes halogenated alkanes) is 3. The van der Waals surface area contributed by atoms with Gasteiger partial charge in [0.15, 0.2) is 0 Å². The fraction of sp³-hybridized carbons (Fsp3) is 0.143. The van der Waals surface area contributed by atoms with Gasteiger partial charge in [-0.05, 0) is 78.1 Å². The van der Waals surface area contributed by atoms with Crippen LogP contribution in [0.3, 0.4) is 0 Å². The van der Waals surface area contributed by atoms with Gasteiger partial charge in [0.25, 0.3) is 0 Å². The molecule has 2 heterocycles. The summed E-state index contributed by atoms with van der Waals surface area (Å²) in [4.78, 5) is 0. The van der Waals surface area contributed by atoms with Crippen LogP contribution in [-0.4, -0.2) is 9.13 Å². The van der Waals surface area contributed by atoms with Crippen LogP contribution in [0.5, 0.6) is 0 Å². The lowest BCUT2D eigenvalue weighted by atomic mass is 10.0. The molecule has 0 saturated carbocycles. The van der Waals surface area contributed by atoms with Crippen molar-refractivity contribution in [3.05, 3.63) is 145 Å². The largest absolute Gasteiger partial charge is 0.309 e. The van der Waals surface area contributed by atoms with Crippen LogP contribution in [0.1, 0.15) is 38.2 Å². The molecular formula is C42H36N2. The lowest BCUT2D eigenvalue weighted by Gasteiger charge is -2.11. The summed E-state index contributed by atoms with van der Waals surface area (Å²) in [6.07, 6.45) is 6.29. The molecule has 0 aliphatic heterocycles. The van der Waals surface area contributed by atoms with E-state index in [1.165, 1.54) is 97.4 Å². The van der Waals surface area contributed by atoms with E-state index in [1.807, 2.05) is 0 Å². The Balaban J connectivity index is 1.14. The SMILES string of the molecule is CCCCCCc1ccc2c3ccccc3n(-c3ccc(-c4ccc(-n5c6ccccc6c6ccccc65)cc4)cc3)c2c1. The Hall–Kier alpha value is -5.08. The minimum Gasteiger partial charge on any atom is -0.309 e. The Labute approximate surface area is 258 Å². The van der Waals surface area contributed by atoms with E-state index < -0.39 is 0 Å². The second-order valence-electron chi connectivity index (χ2n) is 12.0. The van der Waals surface area contributed by atoms with Crippen LogP contribution in [0.2, 0.25) is 0 Å². The van der Waals surface area contributed by atoms with Crippen LogP contribution >= 0.6 is 0 Å². The molecule has 6 aromatic carbocycles. The van der Waals surface area contributed by atoms with Crippen molar-refractivity contribution in [1.82, 2.24) is 9.13 Å². The maximum absolute atomic E-state index is 2.44. The van der Waals surface area contributed by atoms with Crippen molar-refractivity contribution >= 4 is 43.6 Å². The number of nitrogens with zero attached hydrogens (tertiary/aromatic N) is 2. The zero-order valence-corrected chi connectivity index (χ0v) is 25.2. The second kappa shape index (κ2) is 11.2. The maximum Gasteiger partial charge on any atom is 0.0543 e. The van der Waals surface area contributed by atoms with E-state index in [9.17, 15) is 0 Å². The Bertz CT molecular complexity index is 2190. The van der Waals surface area contributed by atoms with E-state index in [-0.39, 0.29) is 0 Å². The van der Waals surface area contributed by atoms with Crippen LogP contribution in [0.25, 0.3) is 66.1 Å². The van der Waals surface area contributed by atoms with E-state index in [2.05, 4.69) is 156 Å². The van der Waals surface area contributed by atoms with Crippen LogP contribution in [0.4, 0.5) is 0 Å². The molecule has 2 aromatic heterocycles. The maximum atomic E-state index is 2.44. The van der Waals surface area contributed by atoms with Gasteiger partial charge in [-0.2, -0.15) is 0 Å². The summed E-state index contributed by atoms with van der Waals surface area (Å²) >= 11 is 0. The zero-order valence-electron chi connectivity index (χ0n) is 25.2. The van der Waals surface area contributed by atoms with Crippen molar-refractivity contribution < 1.29 is 0 Å². The van der Waals surface area contributed by atoms with E-state index >= 15 is 0 Å². The highest BCUT2D eigenvalue weighted by molar-refractivity contribution is 6.10. The summed E-state index contributed by atoms with van der Waals surface area (Å²) in [6, 6.07) is 51.3. The summed E-state index contributed by atoms with van der Waals surface area (Å²) in [6.45, 7) is 2.28. The van der Waals surface area contributed by atoms with Crippen molar-refractivity contribution in [3.63, 3.8) is 0 Å². The van der Waals surface area contributed by atoms with Gasteiger partial charge in [0.05, 0.1) is 22.1 Å². The first-order valence-corrected chi connectivity index (χ1v) is 16.0. The molecule has 8 aromatic rings.